The third kappa shape index (κ3) is 3.73. The Morgan fingerprint density at radius 3 is 2.44 bits per heavy atom. The predicted octanol–water partition coefficient (Wildman–Crippen LogP) is 1.80. The van der Waals surface area contributed by atoms with Crippen LogP contribution >= 0.6 is 0 Å². The lowest BCUT2D eigenvalue weighted by Crippen LogP contribution is -2.31. The zero-order valence-corrected chi connectivity index (χ0v) is 10.1. The summed E-state index contributed by atoms with van der Waals surface area (Å²) in [5, 5.41) is 2.79. The zero-order valence-electron chi connectivity index (χ0n) is 10.1. The molecule has 0 aliphatic rings. The minimum atomic E-state index is -1.23. The van der Waals surface area contributed by atoms with Crippen LogP contribution < -0.4 is 5.32 Å². The molecular weight excluding hydrogens is 247 g/mol. The molecule has 18 heavy (non-hydrogen) atoms. The molecule has 0 aliphatic carbocycles. The Bertz CT molecular complexity index is 438. The van der Waals surface area contributed by atoms with Crippen molar-refractivity contribution < 1.29 is 22.7 Å². The van der Waals surface area contributed by atoms with Gasteiger partial charge in [0.2, 0.25) is 0 Å². The van der Waals surface area contributed by atoms with E-state index in [1.54, 1.807) is 7.05 Å². The summed E-state index contributed by atoms with van der Waals surface area (Å²) in [4.78, 5) is 11.1. The molecule has 1 N–H and O–H groups in total. The third-order valence-electron chi connectivity index (χ3n) is 2.60. The lowest BCUT2D eigenvalue weighted by molar-refractivity contribution is -0.141. The van der Waals surface area contributed by atoms with E-state index in [0.717, 1.165) is 6.07 Å². The molecule has 6 heteroatoms. The van der Waals surface area contributed by atoms with Crippen LogP contribution in [0.15, 0.2) is 12.1 Å². The first-order valence-corrected chi connectivity index (χ1v) is 5.35. The summed E-state index contributed by atoms with van der Waals surface area (Å²) >= 11 is 0. The lowest BCUT2D eigenvalue weighted by Gasteiger charge is -2.15. The highest BCUT2D eigenvalue weighted by atomic mass is 19.2. The number of nitrogens with one attached hydrogen (secondary N) is 1. The fourth-order valence-electron chi connectivity index (χ4n) is 1.55. The second-order valence-electron chi connectivity index (χ2n) is 3.83. The Labute approximate surface area is 103 Å². The number of benzene rings is 1. The lowest BCUT2D eigenvalue weighted by atomic mass is 10.0. The first-order chi connectivity index (χ1) is 8.47. The van der Waals surface area contributed by atoms with Gasteiger partial charge in [0.05, 0.1) is 13.5 Å². The third-order valence-corrected chi connectivity index (χ3v) is 2.60. The van der Waals surface area contributed by atoms with Gasteiger partial charge in [-0.05, 0) is 25.1 Å². The Morgan fingerprint density at radius 2 is 1.89 bits per heavy atom. The molecule has 100 valence electrons. The first-order valence-electron chi connectivity index (χ1n) is 5.35. The molecule has 0 bridgehead atoms. The van der Waals surface area contributed by atoms with E-state index in [2.05, 4.69) is 10.1 Å². The molecule has 0 saturated carbocycles. The van der Waals surface area contributed by atoms with E-state index in [4.69, 9.17) is 0 Å². The molecular formula is C12H14F3NO2. The largest absolute Gasteiger partial charge is 0.469 e. The van der Waals surface area contributed by atoms with Crippen LogP contribution in [0.2, 0.25) is 0 Å². The van der Waals surface area contributed by atoms with Crippen LogP contribution in [0, 0.1) is 17.5 Å². The van der Waals surface area contributed by atoms with Gasteiger partial charge < -0.3 is 10.1 Å². The van der Waals surface area contributed by atoms with E-state index in [1.165, 1.54) is 7.11 Å². The van der Waals surface area contributed by atoms with E-state index in [-0.39, 0.29) is 18.4 Å². The van der Waals surface area contributed by atoms with Crippen molar-refractivity contribution in [1.82, 2.24) is 5.32 Å². The number of halogens is 3. The van der Waals surface area contributed by atoms with Gasteiger partial charge in [-0.25, -0.2) is 13.2 Å². The smallest absolute Gasteiger partial charge is 0.307 e. The van der Waals surface area contributed by atoms with E-state index < -0.39 is 29.5 Å². The number of ether oxygens (including phenoxy) is 1. The van der Waals surface area contributed by atoms with Crippen LogP contribution in [0.25, 0.3) is 0 Å². The maximum atomic E-state index is 13.4. The highest BCUT2D eigenvalue weighted by Crippen LogP contribution is 2.16. The normalized spacial score (nSPS) is 12.3. The topological polar surface area (TPSA) is 38.3 Å². The van der Waals surface area contributed by atoms with E-state index >= 15 is 0 Å². The number of rotatable bonds is 5. The van der Waals surface area contributed by atoms with Crippen molar-refractivity contribution in [2.24, 2.45) is 0 Å². The number of esters is 1. The quantitative estimate of drug-likeness (QED) is 0.649. The van der Waals surface area contributed by atoms with Crippen molar-refractivity contribution in [2.45, 2.75) is 18.9 Å². The van der Waals surface area contributed by atoms with Crippen molar-refractivity contribution in [3.8, 4) is 0 Å². The van der Waals surface area contributed by atoms with Gasteiger partial charge in [-0.15, -0.1) is 0 Å². The molecule has 1 aromatic carbocycles. The highest BCUT2D eigenvalue weighted by Gasteiger charge is 2.17. The number of carbonyl (C=O) groups is 1. The molecule has 0 unspecified atom stereocenters. The molecule has 0 amide bonds. The average Bonchev–Trinajstić information content (AvgIpc) is 2.34. The van der Waals surface area contributed by atoms with Gasteiger partial charge >= 0.3 is 5.97 Å². The van der Waals surface area contributed by atoms with Gasteiger partial charge in [0.1, 0.15) is 5.82 Å². The fraction of sp³-hybridized carbons (Fsp3) is 0.417. The molecule has 0 saturated heterocycles. The van der Waals surface area contributed by atoms with E-state index in [0.29, 0.717) is 6.07 Å². The Morgan fingerprint density at radius 1 is 1.28 bits per heavy atom. The maximum Gasteiger partial charge on any atom is 0.307 e. The molecule has 0 aliphatic heterocycles. The average molecular weight is 261 g/mol. The minimum Gasteiger partial charge on any atom is -0.469 e. The van der Waals surface area contributed by atoms with Gasteiger partial charge in [-0.1, -0.05) is 0 Å². The molecule has 1 atom stereocenters. The number of hydrogen-bond donors (Lipinski definition) is 1. The summed E-state index contributed by atoms with van der Waals surface area (Å²) in [7, 11) is 2.83. The summed E-state index contributed by atoms with van der Waals surface area (Å²) < 4.78 is 43.6. The number of likely N-dealkylation sites (N-methyl/N-ethyl adjacent to an activating group) is 1. The van der Waals surface area contributed by atoms with E-state index in [9.17, 15) is 18.0 Å². The Balaban J connectivity index is 2.81. The molecule has 3 nitrogen and oxygen atoms in total. The van der Waals surface area contributed by atoms with Crippen LogP contribution in [0.5, 0.6) is 0 Å². The van der Waals surface area contributed by atoms with Crippen molar-refractivity contribution in [2.75, 3.05) is 14.2 Å². The molecule has 1 aromatic rings. The van der Waals surface area contributed by atoms with Crippen LogP contribution in [-0.4, -0.2) is 26.2 Å². The van der Waals surface area contributed by atoms with Crippen molar-refractivity contribution in [1.29, 1.82) is 0 Å². The molecule has 0 fully saturated rings. The van der Waals surface area contributed by atoms with Gasteiger partial charge in [-0.3, -0.25) is 4.79 Å². The van der Waals surface area contributed by atoms with Crippen molar-refractivity contribution in [3.05, 3.63) is 35.1 Å². The number of methoxy groups -OCH3 is 1. The van der Waals surface area contributed by atoms with Crippen molar-refractivity contribution >= 4 is 5.97 Å². The molecule has 0 aromatic heterocycles. The van der Waals surface area contributed by atoms with Crippen LogP contribution in [0.4, 0.5) is 13.2 Å². The maximum absolute atomic E-state index is 13.4. The summed E-state index contributed by atoms with van der Waals surface area (Å²) in [6, 6.07) is 0.888. The standard InChI is InChI=1S/C12H14F3NO2/c1-16-8(5-12(17)18-2)3-7-4-10(14)11(15)6-9(7)13/h4,6,8,16H,3,5H2,1-2H3/t8-/m1/s1. The summed E-state index contributed by atoms with van der Waals surface area (Å²) in [5.74, 6) is -3.64. The summed E-state index contributed by atoms with van der Waals surface area (Å²) in [6.45, 7) is 0. The molecule has 0 radical (unpaired) electrons. The van der Waals surface area contributed by atoms with Gasteiger partial charge in [0, 0.05) is 12.1 Å². The van der Waals surface area contributed by atoms with Gasteiger partial charge in [0.15, 0.2) is 11.6 Å². The van der Waals surface area contributed by atoms with Gasteiger partial charge in [-0.2, -0.15) is 0 Å². The fourth-order valence-corrected chi connectivity index (χ4v) is 1.55. The highest BCUT2D eigenvalue weighted by molar-refractivity contribution is 5.69. The summed E-state index contributed by atoms with van der Waals surface area (Å²) in [6.07, 6.45) is 0.0834. The molecule has 0 heterocycles. The zero-order chi connectivity index (χ0) is 13.7. The Hall–Kier alpha value is -1.56. The predicted molar refractivity (Wildman–Crippen MR) is 59.5 cm³/mol. The minimum absolute atomic E-state index is 0.0113. The van der Waals surface area contributed by atoms with Crippen LogP contribution in [0.3, 0.4) is 0 Å². The van der Waals surface area contributed by atoms with Crippen molar-refractivity contribution in [3.63, 3.8) is 0 Å². The Kier molecular flexibility index (Phi) is 5.15. The summed E-state index contributed by atoms with van der Waals surface area (Å²) in [5.41, 5.74) is 0.0113. The van der Waals surface area contributed by atoms with Crippen LogP contribution in [0.1, 0.15) is 12.0 Å². The number of carbonyl (C=O) groups excluding carboxylic acids is 1. The second-order valence-corrected chi connectivity index (χ2v) is 3.83. The number of hydrogen-bond acceptors (Lipinski definition) is 3. The van der Waals surface area contributed by atoms with Crippen LogP contribution in [-0.2, 0) is 16.0 Å². The second kappa shape index (κ2) is 6.39. The first kappa shape index (κ1) is 14.5. The monoisotopic (exact) mass is 261 g/mol. The SMILES string of the molecule is CN[C@@H](CC(=O)OC)Cc1cc(F)c(F)cc1F. The van der Waals surface area contributed by atoms with E-state index in [1.807, 2.05) is 0 Å². The van der Waals surface area contributed by atoms with Gasteiger partial charge in [0.25, 0.3) is 0 Å². The molecule has 1 rings (SSSR count). The molecule has 0 spiro atoms.